The Hall–Kier alpha value is -2.62. The van der Waals surface area contributed by atoms with E-state index >= 15 is 0 Å². The first kappa shape index (κ1) is 16.4. The van der Waals surface area contributed by atoms with E-state index in [-0.39, 0.29) is 6.42 Å². The van der Waals surface area contributed by atoms with E-state index < -0.39 is 52.3 Å². The second-order valence-corrected chi connectivity index (χ2v) is 3.92. The maximum Gasteiger partial charge on any atom is 0.326 e. The molecule has 10 heteroatoms. The predicted molar refractivity (Wildman–Crippen MR) is 63.6 cm³/mol. The number of carboxylic acid groups (broad SMARTS) is 1. The van der Waals surface area contributed by atoms with Gasteiger partial charge in [-0.05, 0) is 6.07 Å². The monoisotopic (exact) mass is 304 g/mol. The van der Waals surface area contributed by atoms with Gasteiger partial charge in [-0.25, -0.2) is 9.18 Å². The quantitative estimate of drug-likeness (QED) is 0.516. The lowest BCUT2D eigenvalue weighted by atomic mass is 10.1. The van der Waals surface area contributed by atoms with Crippen LogP contribution in [-0.4, -0.2) is 39.7 Å². The van der Waals surface area contributed by atoms with Crippen molar-refractivity contribution in [2.45, 2.75) is 12.5 Å². The van der Waals surface area contributed by atoms with Gasteiger partial charge in [0.2, 0.25) is 5.82 Å². The molecule has 114 valence electrons. The van der Waals surface area contributed by atoms with Gasteiger partial charge in [0.15, 0.2) is 0 Å². The lowest BCUT2D eigenvalue weighted by Gasteiger charge is -2.13. The minimum absolute atomic E-state index is 0.300. The molecule has 1 atom stereocenters. The van der Waals surface area contributed by atoms with Crippen LogP contribution >= 0.6 is 0 Å². The van der Waals surface area contributed by atoms with Gasteiger partial charge in [0, 0.05) is 13.0 Å². The molecule has 3 N–H and O–H groups in total. The van der Waals surface area contributed by atoms with Crippen molar-refractivity contribution < 1.29 is 33.5 Å². The van der Waals surface area contributed by atoms with Crippen molar-refractivity contribution in [3.8, 4) is 0 Å². The zero-order valence-electron chi connectivity index (χ0n) is 10.4. The minimum Gasteiger partial charge on any atom is -0.480 e. The van der Waals surface area contributed by atoms with Crippen LogP contribution in [0, 0.1) is 21.7 Å². The average Bonchev–Trinajstić information content (AvgIpc) is 2.39. The minimum atomic E-state index is -1.58. The zero-order chi connectivity index (χ0) is 16.2. The number of carbonyl (C=O) groups is 2. The Bertz CT molecular complexity index is 592. The van der Waals surface area contributed by atoms with Gasteiger partial charge in [-0.2, -0.15) is 4.39 Å². The van der Waals surface area contributed by atoms with Crippen LogP contribution in [0.3, 0.4) is 0 Å². The predicted octanol–water partition coefficient (Wildman–Crippen LogP) is 0.438. The van der Waals surface area contributed by atoms with Gasteiger partial charge in [-0.3, -0.25) is 14.9 Å². The SMILES string of the molecule is O=C(NC(CCO)C(=O)O)c1cc(F)cc([N+](=O)[O-])c1F. The number of benzene rings is 1. The van der Waals surface area contributed by atoms with Crippen LogP contribution in [0.1, 0.15) is 16.8 Å². The molecule has 0 aliphatic rings. The molecule has 0 aromatic heterocycles. The summed E-state index contributed by atoms with van der Waals surface area (Å²) in [5, 5.41) is 29.8. The fourth-order valence-electron chi connectivity index (χ4n) is 1.50. The molecular formula is C11H10F2N2O6. The van der Waals surface area contributed by atoms with E-state index in [9.17, 15) is 28.5 Å². The number of carboxylic acids is 1. The number of carbonyl (C=O) groups excluding carboxylic acids is 1. The molecule has 0 saturated heterocycles. The third kappa shape index (κ3) is 3.92. The van der Waals surface area contributed by atoms with Crippen molar-refractivity contribution in [3.63, 3.8) is 0 Å². The molecule has 0 fully saturated rings. The van der Waals surface area contributed by atoms with Crippen molar-refractivity contribution in [3.05, 3.63) is 39.4 Å². The maximum atomic E-state index is 13.7. The summed E-state index contributed by atoms with van der Waals surface area (Å²) in [5.41, 5.74) is -2.24. The van der Waals surface area contributed by atoms with Crippen LogP contribution < -0.4 is 5.32 Å². The van der Waals surface area contributed by atoms with E-state index in [4.69, 9.17) is 10.2 Å². The van der Waals surface area contributed by atoms with E-state index in [1.807, 2.05) is 5.32 Å². The summed E-state index contributed by atoms with van der Waals surface area (Å²) in [4.78, 5) is 31.8. The maximum absolute atomic E-state index is 13.7. The Kier molecular flexibility index (Phi) is 5.24. The summed E-state index contributed by atoms with van der Waals surface area (Å²) >= 11 is 0. The zero-order valence-corrected chi connectivity index (χ0v) is 10.4. The van der Waals surface area contributed by atoms with Gasteiger partial charge in [-0.1, -0.05) is 0 Å². The van der Waals surface area contributed by atoms with Crippen LogP contribution in [0.25, 0.3) is 0 Å². The summed E-state index contributed by atoms with van der Waals surface area (Å²) in [6, 6.07) is -0.825. The van der Waals surface area contributed by atoms with Gasteiger partial charge in [0.05, 0.1) is 16.6 Å². The topological polar surface area (TPSA) is 130 Å². The fourth-order valence-corrected chi connectivity index (χ4v) is 1.50. The third-order valence-corrected chi connectivity index (χ3v) is 2.48. The van der Waals surface area contributed by atoms with Gasteiger partial charge in [0.1, 0.15) is 11.9 Å². The normalized spacial score (nSPS) is 11.8. The Labute approximate surface area is 116 Å². The summed E-state index contributed by atoms with van der Waals surface area (Å²) in [7, 11) is 0. The van der Waals surface area contributed by atoms with Crippen LogP contribution in [-0.2, 0) is 4.79 Å². The number of aliphatic carboxylic acids is 1. The van der Waals surface area contributed by atoms with Crippen molar-refractivity contribution in [2.75, 3.05) is 6.61 Å². The number of nitro benzene ring substituents is 1. The van der Waals surface area contributed by atoms with E-state index in [0.717, 1.165) is 0 Å². The fraction of sp³-hybridized carbons (Fsp3) is 0.273. The second kappa shape index (κ2) is 6.70. The molecule has 1 rings (SSSR count). The molecule has 1 aromatic carbocycles. The number of hydrogen-bond acceptors (Lipinski definition) is 5. The molecule has 0 radical (unpaired) electrons. The Morgan fingerprint density at radius 3 is 2.48 bits per heavy atom. The molecule has 0 spiro atoms. The van der Waals surface area contributed by atoms with Crippen LogP contribution in [0.4, 0.5) is 14.5 Å². The van der Waals surface area contributed by atoms with E-state index in [2.05, 4.69) is 0 Å². The van der Waals surface area contributed by atoms with Gasteiger partial charge < -0.3 is 15.5 Å². The summed E-state index contributed by atoms with van der Waals surface area (Å²) in [6.45, 7) is -0.566. The van der Waals surface area contributed by atoms with Crippen molar-refractivity contribution in [1.82, 2.24) is 5.32 Å². The highest BCUT2D eigenvalue weighted by Crippen LogP contribution is 2.22. The van der Waals surface area contributed by atoms with Crippen LogP contribution in [0.15, 0.2) is 12.1 Å². The van der Waals surface area contributed by atoms with Gasteiger partial charge in [-0.15, -0.1) is 0 Å². The number of halogens is 2. The smallest absolute Gasteiger partial charge is 0.326 e. The Morgan fingerprint density at radius 2 is 2.00 bits per heavy atom. The number of hydrogen-bond donors (Lipinski definition) is 3. The average molecular weight is 304 g/mol. The Morgan fingerprint density at radius 1 is 1.38 bits per heavy atom. The van der Waals surface area contributed by atoms with E-state index in [1.54, 1.807) is 0 Å². The van der Waals surface area contributed by atoms with Crippen molar-refractivity contribution >= 4 is 17.6 Å². The molecular weight excluding hydrogens is 294 g/mol. The summed E-state index contributed by atoms with van der Waals surface area (Å²) < 4.78 is 26.9. The number of nitrogens with zero attached hydrogens (tertiary/aromatic N) is 1. The largest absolute Gasteiger partial charge is 0.480 e. The summed E-state index contributed by atoms with van der Waals surface area (Å²) in [6.07, 6.45) is -0.361. The van der Waals surface area contributed by atoms with Crippen LogP contribution in [0.5, 0.6) is 0 Å². The highest BCUT2D eigenvalue weighted by molar-refractivity contribution is 5.97. The second-order valence-electron chi connectivity index (χ2n) is 3.92. The molecule has 8 nitrogen and oxygen atoms in total. The number of amides is 1. The molecule has 1 aromatic rings. The van der Waals surface area contributed by atoms with Crippen LogP contribution in [0.2, 0.25) is 0 Å². The number of nitrogens with one attached hydrogen (secondary N) is 1. The van der Waals surface area contributed by atoms with Gasteiger partial charge in [0.25, 0.3) is 5.91 Å². The van der Waals surface area contributed by atoms with Crippen molar-refractivity contribution in [1.29, 1.82) is 0 Å². The number of aliphatic hydroxyl groups excluding tert-OH is 1. The summed E-state index contributed by atoms with van der Waals surface area (Å²) in [5.74, 6) is -5.63. The first-order chi connectivity index (χ1) is 9.77. The lowest BCUT2D eigenvalue weighted by Crippen LogP contribution is -2.41. The molecule has 0 aliphatic carbocycles. The molecule has 0 bridgehead atoms. The number of nitro groups is 1. The molecule has 1 unspecified atom stereocenters. The number of rotatable bonds is 6. The molecule has 0 heterocycles. The highest BCUT2D eigenvalue weighted by Gasteiger charge is 2.27. The van der Waals surface area contributed by atoms with E-state index in [1.165, 1.54) is 0 Å². The Balaban J connectivity index is 3.12. The standard InChI is InChI=1S/C11H10F2N2O6/c12-5-3-6(9(13)8(4-5)15(20)21)10(17)14-7(1-2-16)11(18)19/h3-4,7,16H,1-2H2,(H,14,17)(H,18,19). The molecule has 0 saturated carbocycles. The van der Waals surface area contributed by atoms with Crippen molar-refractivity contribution in [2.24, 2.45) is 0 Å². The highest BCUT2D eigenvalue weighted by atomic mass is 19.1. The lowest BCUT2D eigenvalue weighted by molar-refractivity contribution is -0.387. The molecule has 1 amide bonds. The first-order valence-electron chi connectivity index (χ1n) is 5.56. The third-order valence-electron chi connectivity index (χ3n) is 2.48. The first-order valence-corrected chi connectivity index (χ1v) is 5.56. The molecule has 0 aliphatic heterocycles. The number of aliphatic hydroxyl groups is 1. The molecule has 21 heavy (non-hydrogen) atoms. The van der Waals surface area contributed by atoms with Gasteiger partial charge >= 0.3 is 11.7 Å². The van der Waals surface area contributed by atoms with E-state index in [0.29, 0.717) is 12.1 Å².